The number of hydrogen-bond acceptors (Lipinski definition) is 3. The van der Waals surface area contributed by atoms with E-state index in [-0.39, 0.29) is 11.5 Å². The van der Waals surface area contributed by atoms with E-state index in [1.165, 1.54) is 0 Å². The maximum absolute atomic E-state index is 10.9. The number of aromatic nitrogens is 2. The van der Waals surface area contributed by atoms with Gasteiger partial charge in [0.25, 0.3) is 5.56 Å². The second kappa shape index (κ2) is 3.54. The second-order valence-corrected chi connectivity index (χ2v) is 2.16. The topological polar surface area (TPSA) is 83.0 Å². The van der Waals surface area contributed by atoms with Crippen molar-refractivity contribution < 1.29 is 9.90 Å². The molecule has 0 aliphatic carbocycles. The normalized spacial score (nSPS) is 8.69. The highest BCUT2D eigenvalue weighted by Crippen LogP contribution is 1.90. The summed E-state index contributed by atoms with van der Waals surface area (Å²) in [5, 5.41) is 8.54. The van der Waals surface area contributed by atoms with E-state index in [1.807, 2.05) is 0 Å². The van der Waals surface area contributed by atoms with Gasteiger partial charge in [0.15, 0.2) is 11.5 Å². The molecule has 66 valence electrons. The van der Waals surface area contributed by atoms with E-state index in [2.05, 4.69) is 21.8 Å². The zero-order valence-electron chi connectivity index (χ0n) is 6.79. The Bertz CT molecular complexity index is 450. The number of aromatic carboxylic acids is 1. The average molecular weight is 178 g/mol. The van der Waals surface area contributed by atoms with Crippen LogP contribution in [0.15, 0.2) is 10.9 Å². The molecule has 0 amide bonds. The summed E-state index contributed by atoms with van der Waals surface area (Å²) in [6, 6.07) is 0.906. The van der Waals surface area contributed by atoms with Gasteiger partial charge in [0.1, 0.15) is 0 Å². The third-order valence-corrected chi connectivity index (χ3v) is 1.20. The highest BCUT2D eigenvalue weighted by Gasteiger charge is 2.06. The van der Waals surface area contributed by atoms with Crippen LogP contribution in [-0.4, -0.2) is 21.0 Å². The summed E-state index contributed by atoms with van der Waals surface area (Å²) < 4.78 is 0. The van der Waals surface area contributed by atoms with Crippen molar-refractivity contribution in [1.29, 1.82) is 0 Å². The molecule has 1 rings (SSSR count). The van der Waals surface area contributed by atoms with Gasteiger partial charge < -0.3 is 5.11 Å². The maximum Gasteiger partial charge on any atom is 0.354 e. The standard InChI is InChI=1S/C8H6N2O3/c1-2-3-6-9-5(8(12)13)4-7(11)10-6/h4H,1H3,(H,12,13)(H,9,10,11). The van der Waals surface area contributed by atoms with Gasteiger partial charge in [-0.05, 0) is 12.8 Å². The van der Waals surface area contributed by atoms with Gasteiger partial charge in [-0.15, -0.1) is 0 Å². The monoisotopic (exact) mass is 178 g/mol. The van der Waals surface area contributed by atoms with Crippen molar-refractivity contribution in [2.45, 2.75) is 6.92 Å². The SMILES string of the molecule is CC#Cc1nc(C(=O)O)cc(=O)[nH]1. The number of carboxylic acids is 1. The molecule has 0 aliphatic rings. The van der Waals surface area contributed by atoms with E-state index in [9.17, 15) is 9.59 Å². The third-order valence-electron chi connectivity index (χ3n) is 1.20. The minimum Gasteiger partial charge on any atom is -0.477 e. The summed E-state index contributed by atoms with van der Waals surface area (Å²) in [5.74, 6) is 3.78. The fourth-order valence-corrected chi connectivity index (χ4v) is 0.745. The number of carbonyl (C=O) groups is 1. The van der Waals surface area contributed by atoms with Crippen molar-refractivity contribution in [1.82, 2.24) is 9.97 Å². The first-order valence-corrected chi connectivity index (χ1v) is 3.41. The molecule has 1 heterocycles. The Morgan fingerprint density at radius 1 is 1.69 bits per heavy atom. The summed E-state index contributed by atoms with van der Waals surface area (Å²) in [7, 11) is 0. The van der Waals surface area contributed by atoms with E-state index in [0.717, 1.165) is 6.07 Å². The Hall–Kier alpha value is -2.09. The van der Waals surface area contributed by atoms with Crippen LogP contribution in [0, 0.1) is 11.8 Å². The highest BCUT2D eigenvalue weighted by atomic mass is 16.4. The van der Waals surface area contributed by atoms with Crippen LogP contribution in [-0.2, 0) is 0 Å². The molecule has 1 aromatic rings. The van der Waals surface area contributed by atoms with Gasteiger partial charge in [-0.2, -0.15) is 0 Å². The largest absolute Gasteiger partial charge is 0.477 e. The van der Waals surface area contributed by atoms with Gasteiger partial charge in [-0.25, -0.2) is 9.78 Å². The number of nitrogens with zero attached hydrogens (tertiary/aromatic N) is 1. The van der Waals surface area contributed by atoms with Crippen LogP contribution < -0.4 is 5.56 Å². The molecule has 5 heteroatoms. The Morgan fingerprint density at radius 2 is 2.38 bits per heavy atom. The van der Waals surface area contributed by atoms with Crippen LogP contribution in [0.1, 0.15) is 23.2 Å². The lowest BCUT2D eigenvalue weighted by Crippen LogP contribution is -2.14. The average Bonchev–Trinajstić information content (AvgIpc) is 2.03. The van der Waals surface area contributed by atoms with Gasteiger partial charge in [0.05, 0.1) is 0 Å². The molecule has 0 aliphatic heterocycles. The second-order valence-electron chi connectivity index (χ2n) is 2.16. The van der Waals surface area contributed by atoms with E-state index < -0.39 is 11.5 Å². The molecular weight excluding hydrogens is 172 g/mol. The van der Waals surface area contributed by atoms with Crippen molar-refractivity contribution >= 4 is 5.97 Å². The minimum absolute atomic E-state index is 0.0624. The number of nitrogens with one attached hydrogen (secondary N) is 1. The molecule has 0 saturated heterocycles. The van der Waals surface area contributed by atoms with Crippen molar-refractivity contribution in [2.75, 3.05) is 0 Å². The van der Waals surface area contributed by atoms with Gasteiger partial charge in [0.2, 0.25) is 0 Å². The zero-order chi connectivity index (χ0) is 9.84. The predicted molar refractivity (Wildman–Crippen MR) is 44.4 cm³/mol. The van der Waals surface area contributed by atoms with Crippen LogP contribution in [0.3, 0.4) is 0 Å². The summed E-state index contributed by atoms with van der Waals surface area (Å²) >= 11 is 0. The Balaban J connectivity index is 3.32. The fraction of sp³-hybridized carbons (Fsp3) is 0.125. The lowest BCUT2D eigenvalue weighted by molar-refractivity contribution is 0.0690. The van der Waals surface area contributed by atoms with Crippen LogP contribution in [0.4, 0.5) is 0 Å². The Kier molecular flexibility index (Phi) is 2.45. The van der Waals surface area contributed by atoms with Gasteiger partial charge >= 0.3 is 5.97 Å². The van der Waals surface area contributed by atoms with E-state index >= 15 is 0 Å². The third kappa shape index (κ3) is 2.17. The molecule has 0 radical (unpaired) electrons. The highest BCUT2D eigenvalue weighted by molar-refractivity contribution is 5.85. The van der Waals surface area contributed by atoms with Crippen LogP contribution in [0.2, 0.25) is 0 Å². The molecule has 0 bridgehead atoms. The first kappa shape index (κ1) is 9.00. The van der Waals surface area contributed by atoms with Crippen LogP contribution >= 0.6 is 0 Å². The van der Waals surface area contributed by atoms with Gasteiger partial charge in [-0.3, -0.25) is 9.78 Å². The molecule has 0 atom stereocenters. The molecular formula is C8H6N2O3. The number of H-pyrrole nitrogens is 1. The van der Waals surface area contributed by atoms with E-state index in [4.69, 9.17) is 5.11 Å². The zero-order valence-corrected chi connectivity index (χ0v) is 6.79. The smallest absolute Gasteiger partial charge is 0.354 e. The summed E-state index contributed by atoms with van der Waals surface area (Å²) in [6.45, 7) is 1.56. The predicted octanol–water partition coefficient (Wildman–Crippen LogP) is -0.161. The lowest BCUT2D eigenvalue weighted by Gasteiger charge is -1.92. The van der Waals surface area contributed by atoms with Crippen molar-refractivity contribution in [3.63, 3.8) is 0 Å². The molecule has 1 aromatic heterocycles. The van der Waals surface area contributed by atoms with Crippen LogP contribution in [0.25, 0.3) is 0 Å². The molecule has 0 aromatic carbocycles. The first-order chi connectivity index (χ1) is 6.13. The lowest BCUT2D eigenvalue weighted by atomic mass is 10.4. The molecule has 0 unspecified atom stereocenters. The van der Waals surface area contributed by atoms with E-state index in [0.29, 0.717) is 0 Å². The van der Waals surface area contributed by atoms with Crippen LogP contribution in [0.5, 0.6) is 0 Å². The maximum atomic E-state index is 10.9. The molecule has 0 spiro atoms. The van der Waals surface area contributed by atoms with Crippen molar-refractivity contribution in [3.8, 4) is 11.8 Å². The number of carboxylic acid groups (broad SMARTS) is 1. The first-order valence-electron chi connectivity index (χ1n) is 3.41. The summed E-state index contributed by atoms with van der Waals surface area (Å²) in [6.07, 6.45) is 0. The van der Waals surface area contributed by atoms with Gasteiger partial charge in [0, 0.05) is 6.07 Å². The van der Waals surface area contributed by atoms with Crippen molar-refractivity contribution in [2.24, 2.45) is 0 Å². The fourth-order valence-electron chi connectivity index (χ4n) is 0.745. The number of aromatic amines is 1. The molecule has 0 fully saturated rings. The number of rotatable bonds is 1. The van der Waals surface area contributed by atoms with Crippen molar-refractivity contribution in [3.05, 3.63) is 27.9 Å². The molecule has 2 N–H and O–H groups in total. The minimum atomic E-state index is -1.25. The quantitative estimate of drug-likeness (QED) is 0.585. The molecule has 0 saturated carbocycles. The number of hydrogen-bond donors (Lipinski definition) is 2. The Morgan fingerprint density at radius 3 is 2.92 bits per heavy atom. The Labute approximate surface area is 73.4 Å². The molecule has 13 heavy (non-hydrogen) atoms. The summed E-state index contributed by atoms with van der Waals surface area (Å²) in [4.78, 5) is 27.2. The van der Waals surface area contributed by atoms with E-state index in [1.54, 1.807) is 6.92 Å². The molecule has 5 nitrogen and oxygen atoms in total. The van der Waals surface area contributed by atoms with Gasteiger partial charge in [-0.1, -0.05) is 5.92 Å². The summed E-state index contributed by atoms with van der Waals surface area (Å²) in [5.41, 5.74) is -0.827.